The highest BCUT2D eigenvalue weighted by Gasteiger charge is 2.20. The summed E-state index contributed by atoms with van der Waals surface area (Å²) in [7, 11) is 2.13. The van der Waals surface area contributed by atoms with E-state index < -0.39 is 0 Å². The first-order chi connectivity index (χ1) is 16.1. The van der Waals surface area contributed by atoms with Crippen molar-refractivity contribution in [1.82, 2.24) is 19.9 Å². The predicted molar refractivity (Wildman–Crippen MR) is 135 cm³/mol. The lowest BCUT2D eigenvalue weighted by Crippen LogP contribution is -2.45. The van der Waals surface area contributed by atoms with Crippen LogP contribution < -0.4 is 10.2 Å². The number of nitrogens with zero attached hydrogens (tertiary/aromatic N) is 6. The van der Waals surface area contributed by atoms with Gasteiger partial charge in [-0.25, -0.2) is 0 Å². The molecule has 0 bridgehead atoms. The van der Waals surface area contributed by atoms with Gasteiger partial charge in [0.2, 0.25) is 11.9 Å². The maximum Gasteiger partial charge on any atom is 0.234 e. The topological polar surface area (TPSA) is 69.5 Å². The van der Waals surface area contributed by atoms with Gasteiger partial charge in [-0.2, -0.15) is 15.0 Å². The third-order valence-corrected chi connectivity index (χ3v) is 6.92. The Balaban J connectivity index is 1.41. The first-order valence-electron chi connectivity index (χ1n) is 10.8. The number of aromatic nitrogens is 3. The zero-order chi connectivity index (χ0) is 22.6. The summed E-state index contributed by atoms with van der Waals surface area (Å²) in [5.74, 6) is 1.90. The monoisotopic (exact) mass is 477 g/mol. The molecule has 2 aliphatic heterocycles. The van der Waals surface area contributed by atoms with Gasteiger partial charge in [-0.05, 0) is 48.2 Å². The Morgan fingerprint density at radius 2 is 1.67 bits per heavy atom. The molecule has 7 nitrogen and oxygen atoms in total. The molecule has 3 aromatic rings. The minimum Gasteiger partial charge on any atom is -0.338 e. The number of hydrogen-bond donors (Lipinski definition) is 1. The molecule has 1 saturated heterocycles. The Hall–Kier alpha value is -2.94. The average Bonchev–Trinajstić information content (AvgIpc) is 3.30. The number of aliphatic imine (C=N–C) groups is 1. The lowest BCUT2D eigenvalue weighted by atomic mass is 10.1. The molecule has 2 aliphatic rings. The second kappa shape index (κ2) is 9.91. The smallest absolute Gasteiger partial charge is 0.234 e. The Morgan fingerprint density at radius 3 is 2.45 bits per heavy atom. The van der Waals surface area contributed by atoms with Gasteiger partial charge < -0.3 is 15.1 Å². The van der Waals surface area contributed by atoms with E-state index in [9.17, 15) is 0 Å². The van der Waals surface area contributed by atoms with Crippen molar-refractivity contribution in [3.05, 3.63) is 71.3 Å². The minimum atomic E-state index is 0.484. The van der Waals surface area contributed by atoms with E-state index in [-0.39, 0.29) is 0 Å². The quantitative estimate of drug-likeness (QED) is 0.586. The van der Waals surface area contributed by atoms with Crippen LogP contribution in [-0.2, 0) is 0 Å². The van der Waals surface area contributed by atoms with Crippen LogP contribution in [0.15, 0.2) is 75.7 Å². The molecule has 9 heteroatoms. The number of rotatable bonds is 5. The molecule has 3 heterocycles. The zero-order valence-electron chi connectivity index (χ0n) is 18.3. The molecule has 33 heavy (non-hydrogen) atoms. The molecular formula is C24H24ClN7S. The van der Waals surface area contributed by atoms with Crippen molar-refractivity contribution in [3.63, 3.8) is 0 Å². The Bertz CT molecular complexity index is 1190. The van der Waals surface area contributed by atoms with Crippen molar-refractivity contribution in [1.29, 1.82) is 0 Å². The van der Waals surface area contributed by atoms with Crippen LogP contribution in [0.25, 0.3) is 5.57 Å². The Kier molecular flexibility index (Phi) is 6.57. The number of amidine groups is 1. The molecule has 0 saturated carbocycles. The number of piperazine rings is 1. The lowest BCUT2D eigenvalue weighted by molar-refractivity contribution is 0.311. The number of benzene rings is 2. The highest BCUT2D eigenvalue weighted by molar-refractivity contribution is 7.99. The minimum absolute atomic E-state index is 0.484. The van der Waals surface area contributed by atoms with Crippen LogP contribution in [0.3, 0.4) is 0 Å². The molecular weight excluding hydrogens is 454 g/mol. The maximum atomic E-state index is 6.38. The van der Waals surface area contributed by atoms with Crippen molar-refractivity contribution in [2.45, 2.75) is 10.1 Å². The van der Waals surface area contributed by atoms with Gasteiger partial charge in [0.1, 0.15) is 5.84 Å². The molecule has 168 valence electrons. The summed E-state index contributed by atoms with van der Waals surface area (Å²) in [6.45, 7) is 4.31. The normalized spacial score (nSPS) is 16.5. The van der Waals surface area contributed by atoms with Crippen molar-refractivity contribution in [3.8, 4) is 0 Å². The zero-order valence-corrected chi connectivity index (χ0v) is 19.9. The molecule has 2 aromatic carbocycles. The standard InChI is InChI=1S/C24H24ClN7S/c1-31-11-13-32(14-12-31)23-28-22(29-24(30-23)33-20-10-6-5-9-19(20)25)27-21-15-18(16-26-21)17-7-3-2-4-8-17/h2-10,15H,11-14,16H2,1H3,(H,26,27,28,29,30). The largest absolute Gasteiger partial charge is 0.338 e. The van der Waals surface area contributed by atoms with Crippen molar-refractivity contribution < 1.29 is 0 Å². The second-order valence-corrected chi connectivity index (χ2v) is 9.34. The fourth-order valence-corrected chi connectivity index (χ4v) is 4.68. The van der Waals surface area contributed by atoms with Gasteiger partial charge in [0.25, 0.3) is 0 Å². The van der Waals surface area contributed by atoms with Gasteiger partial charge in [0.15, 0.2) is 5.16 Å². The molecule has 0 radical (unpaired) electrons. The van der Waals surface area contributed by atoms with Crippen LogP contribution in [0.1, 0.15) is 5.56 Å². The van der Waals surface area contributed by atoms with Crippen LogP contribution >= 0.6 is 23.4 Å². The molecule has 1 fully saturated rings. The first-order valence-corrected chi connectivity index (χ1v) is 12.0. The summed E-state index contributed by atoms with van der Waals surface area (Å²) in [4.78, 5) is 24.2. The van der Waals surface area contributed by atoms with E-state index in [0.29, 0.717) is 28.6 Å². The van der Waals surface area contributed by atoms with E-state index in [0.717, 1.165) is 42.5 Å². The number of halogens is 1. The average molecular weight is 478 g/mol. The molecule has 0 unspecified atom stereocenters. The van der Waals surface area contributed by atoms with Gasteiger partial charge in [-0.3, -0.25) is 4.99 Å². The molecule has 0 atom stereocenters. The predicted octanol–water partition coefficient (Wildman–Crippen LogP) is 4.34. The fraction of sp³-hybridized carbons (Fsp3) is 0.250. The molecule has 1 aromatic heterocycles. The number of anilines is 2. The van der Waals surface area contributed by atoms with E-state index in [1.54, 1.807) is 0 Å². The SMILES string of the molecule is CN1CCN(c2nc(NC3=NCC(c4ccccc4)=C3)nc(Sc3ccccc3Cl)n2)CC1. The molecule has 0 amide bonds. The van der Waals surface area contributed by atoms with Crippen LogP contribution in [0.5, 0.6) is 0 Å². The third-order valence-electron chi connectivity index (χ3n) is 5.54. The summed E-state index contributed by atoms with van der Waals surface area (Å²) in [5, 5.41) is 4.57. The fourth-order valence-electron chi connectivity index (χ4n) is 3.66. The summed E-state index contributed by atoms with van der Waals surface area (Å²) < 4.78 is 0. The van der Waals surface area contributed by atoms with Gasteiger partial charge in [-0.15, -0.1) is 0 Å². The highest BCUT2D eigenvalue weighted by atomic mass is 35.5. The van der Waals surface area contributed by atoms with E-state index in [2.05, 4.69) is 50.3 Å². The number of nitrogens with one attached hydrogen (secondary N) is 1. The van der Waals surface area contributed by atoms with Crippen LogP contribution in [0.2, 0.25) is 5.02 Å². The van der Waals surface area contributed by atoms with E-state index in [1.165, 1.54) is 17.3 Å². The van der Waals surface area contributed by atoms with E-state index in [1.807, 2.05) is 42.5 Å². The maximum absolute atomic E-state index is 6.38. The van der Waals surface area contributed by atoms with Gasteiger partial charge in [0, 0.05) is 31.1 Å². The first kappa shape index (κ1) is 21.9. The van der Waals surface area contributed by atoms with Crippen molar-refractivity contribution >= 4 is 46.7 Å². The number of hydrogen-bond acceptors (Lipinski definition) is 8. The number of likely N-dealkylation sites (N-methyl/N-ethyl adjacent to an activating group) is 1. The summed E-state index contributed by atoms with van der Waals surface area (Å²) in [6, 6.07) is 18.0. The lowest BCUT2D eigenvalue weighted by Gasteiger charge is -2.32. The molecule has 0 aliphatic carbocycles. The van der Waals surface area contributed by atoms with Gasteiger partial charge in [0.05, 0.1) is 11.6 Å². The van der Waals surface area contributed by atoms with E-state index in [4.69, 9.17) is 21.6 Å². The summed E-state index contributed by atoms with van der Waals surface area (Å²) in [6.07, 6.45) is 2.05. The molecule has 1 N–H and O–H groups in total. The second-order valence-electron chi connectivity index (χ2n) is 7.93. The Labute approximate surface area is 202 Å². The third kappa shape index (κ3) is 5.35. The van der Waals surface area contributed by atoms with E-state index >= 15 is 0 Å². The molecule has 0 spiro atoms. The Morgan fingerprint density at radius 1 is 0.909 bits per heavy atom. The van der Waals surface area contributed by atoms with Crippen LogP contribution in [0, 0.1) is 0 Å². The van der Waals surface area contributed by atoms with Crippen LogP contribution in [0.4, 0.5) is 11.9 Å². The van der Waals surface area contributed by atoms with Crippen molar-refractivity contribution in [2.75, 3.05) is 50.0 Å². The van der Waals surface area contributed by atoms with Crippen molar-refractivity contribution in [2.24, 2.45) is 4.99 Å². The molecule has 5 rings (SSSR count). The van der Waals surface area contributed by atoms with Gasteiger partial charge >= 0.3 is 0 Å². The van der Waals surface area contributed by atoms with Crippen LogP contribution in [-0.4, -0.2) is 65.5 Å². The van der Waals surface area contributed by atoms with Gasteiger partial charge in [-0.1, -0.05) is 54.1 Å². The highest BCUT2D eigenvalue weighted by Crippen LogP contribution is 2.32. The summed E-state index contributed by atoms with van der Waals surface area (Å²) >= 11 is 7.82. The summed E-state index contributed by atoms with van der Waals surface area (Å²) in [5.41, 5.74) is 2.33.